The minimum absolute atomic E-state index is 0.256. The zero-order valence-electron chi connectivity index (χ0n) is 12.7. The fourth-order valence-corrected chi connectivity index (χ4v) is 2.51. The molecule has 0 bridgehead atoms. The standard InChI is InChI=1S/C17H22O3/c1-11-9-13(3)19-16(11)7-5-15(18)6-8-17-12(2)10-14(4)20-17/h9-10H,5-8H2,1-4H3. The van der Waals surface area contributed by atoms with Crippen molar-refractivity contribution in [3.8, 4) is 0 Å². The van der Waals surface area contributed by atoms with Gasteiger partial charge in [0.05, 0.1) is 0 Å². The molecule has 0 radical (unpaired) electrons. The van der Waals surface area contributed by atoms with E-state index in [1.165, 1.54) is 0 Å². The van der Waals surface area contributed by atoms with Gasteiger partial charge in [-0.3, -0.25) is 4.79 Å². The van der Waals surface area contributed by atoms with Crippen molar-refractivity contribution in [2.45, 2.75) is 53.4 Å². The average molecular weight is 274 g/mol. The van der Waals surface area contributed by atoms with Crippen molar-refractivity contribution in [1.82, 2.24) is 0 Å². The van der Waals surface area contributed by atoms with Gasteiger partial charge in [0.1, 0.15) is 28.8 Å². The summed E-state index contributed by atoms with van der Waals surface area (Å²) in [5.41, 5.74) is 2.26. The molecule has 0 saturated carbocycles. The van der Waals surface area contributed by atoms with Crippen LogP contribution in [0.25, 0.3) is 0 Å². The van der Waals surface area contributed by atoms with Crippen LogP contribution < -0.4 is 0 Å². The minimum atomic E-state index is 0.256. The second-order valence-electron chi connectivity index (χ2n) is 5.47. The van der Waals surface area contributed by atoms with E-state index < -0.39 is 0 Å². The monoisotopic (exact) mass is 274 g/mol. The molecule has 20 heavy (non-hydrogen) atoms. The third-order valence-corrected chi connectivity index (χ3v) is 3.55. The average Bonchev–Trinajstić information content (AvgIpc) is 2.86. The van der Waals surface area contributed by atoms with Gasteiger partial charge in [-0.1, -0.05) is 0 Å². The number of aryl methyl sites for hydroxylation is 6. The number of carbonyl (C=O) groups is 1. The highest BCUT2D eigenvalue weighted by Crippen LogP contribution is 2.18. The van der Waals surface area contributed by atoms with E-state index in [0.29, 0.717) is 25.7 Å². The van der Waals surface area contributed by atoms with Gasteiger partial charge in [-0.2, -0.15) is 0 Å². The lowest BCUT2D eigenvalue weighted by Gasteiger charge is -2.01. The smallest absolute Gasteiger partial charge is 0.133 e. The van der Waals surface area contributed by atoms with Gasteiger partial charge in [-0.05, 0) is 51.0 Å². The number of Topliss-reactive ketones (excluding diaryl/α,β-unsaturated/α-hetero) is 1. The van der Waals surface area contributed by atoms with Crippen molar-refractivity contribution < 1.29 is 13.6 Å². The van der Waals surface area contributed by atoms with E-state index in [0.717, 1.165) is 34.2 Å². The van der Waals surface area contributed by atoms with E-state index >= 15 is 0 Å². The van der Waals surface area contributed by atoms with Crippen molar-refractivity contribution in [2.75, 3.05) is 0 Å². The summed E-state index contributed by atoms with van der Waals surface area (Å²) in [5, 5.41) is 0. The van der Waals surface area contributed by atoms with Crippen LogP contribution in [-0.4, -0.2) is 5.78 Å². The molecule has 3 nitrogen and oxygen atoms in total. The maximum Gasteiger partial charge on any atom is 0.133 e. The Kier molecular flexibility index (Phi) is 4.48. The van der Waals surface area contributed by atoms with Crippen molar-refractivity contribution >= 4 is 5.78 Å². The Morgan fingerprint density at radius 2 is 1.25 bits per heavy atom. The van der Waals surface area contributed by atoms with E-state index in [4.69, 9.17) is 8.83 Å². The van der Waals surface area contributed by atoms with Gasteiger partial charge in [0.15, 0.2) is 0 Å². The summed E-state index contributed by atoms with van der Waals surface area (Å²) >= 11 is 0. The van der Waals surface area contributed by atoms with Crippen LogP contribution in [0.3, 0.4) is 0 Å². The first-order valence-corrected chi connectivity index (χ1v) is 7.09. The molecular weight excluding hydrogens is 252 g/mol. The topological polar surface area (TPSA) is 43.4 Å². The van der Waals surface area contributed by atoms with E-state index in [9.17, 15) is 4.79 Å². The Morgan fingerprint density at radius 3 is 1.55 bits per heavy atom. The van der Waals surface area contributed by atoms with Gasteiger partial charge < -0.3 is 8.83 Å². The number of furan rings is 2. The van der Waals surface area contributed by atoms with Gasteiger partial charge in [-0.25, -0.2) is 0 Å². The van der Waals surface area contributed by atoms with Crippen molar-refractivity contribution in [3.05, 3.63) is 46.3 Å². The first kappa shape index (κ1) is 14.6. The van der Waals surface area contributed by atoms with Crippen LogP contribution in [0.4, 0.5) is 0 Å². The van der Waals surface area contributed by atoms with Gasteiger partial charge in [-0.15, -0.1) is 0 Å². The molecule has 0 spiro atoms. The summed E-state index contributed by atoms with van der Waals surface area (Å²) < 4.78 is 11.2. The maximum atomic E-state index is 11.9. The van der Waals surface area contributed by atoms with E-state index in [1.54, 1.807) is 0 Å². The number of ketones is 1. The molecule has 0 amide bonds. The SMILES string of the molecule is Cc1cc(C)c(CCC(=O)CCc2oc(C)cc2C)o1. The Balaban J connectivity index is 1.81. The van der Waals surface area contributed by atoms with Crippen molar-refractivity contribution in [2.24, 2.45) is 0 Å². The van der Waals surface area contributed by atoms with Gasteiger partial charge in [0, 0.05) is 25.7 Å². The molecule has 3 heteroatoms. The fraction of sp³-hybridized carbons (Fsp3) is 0.471. The molecule has 2 aromatic heterocycles. The summed E-state index contributed by atoms with van der Waals surface area (Å²) in [5.74, 6) is 3.94. The molecule has 0 fully saturated rings. The summed E-state index contributed by atoms with van der Waals surface area (Å²) in [4.78, 5) is 11.9. The molecule has 2 heterocycles. The third kappa shape index (κ3) is 3.62. The predicted molar refractivity (Wildman–Crippen MR) is 78.0 cm³/mol. The quantitative estimate of drug-likeness (QED) is 0.791. The lowest BCUT2D eigenvalue weighted by molar-refractivity contribution is -0.119. The van der Waals surface area contributed by atoms with Gasteiger partial charge in [0.2, 0.25) is 0 Å². The van der Waals surface area contributed by atoms with E-state index in [2.05, 4.69) is 0 Å². The van der Waals surface area contributed by atoms with Gasteiger partial charge in [0.25, 0.3) is 0 Å². The van der Waals surface area contributed by atoms with Crippen LogP contribution in [0.2, 0.25) is 0 Å². The van der Waals surface area contributed by atoms with Crippen LogP contribution in [-0.2, 0) is 17.6 Å². The Morgan fingerprint density at radius 1 is 0.850 bits per heavy atom. The van der Waals surface area contributed by atoms with Crippen LogP contribution in [0.5, 0.6) is 0 Å². The summed E-state index contributed by atoms with van der Waals surface area (Å²) in [6.07, 6.45) is 2.45. The lowest BCUT2D eigenvalue weighted by Crippen LogP contribution is -2.02. The molecule has 0 aromatic carbocycles. The molecule has 2 aromatic rings. The predicted octanol–water partition coefficient (Wildman–Crippen LogP) is 4.24. The maximum absolute atomic E-state index is 11.9. The van der Waals surface area contributed by atoms with E-state index in [-0.39, 0.29) is 5.78 Å². The van der Waals surface area contributed by atoms with Gasteiger partial charge >= 0.3 is 0 Å². The molecule has 0 aliphatic rings. The molecule has 0 unspecified atom stereocenters. The molecule has 0 saturated heterocycles. The Hall–Kier alpha value is -1.77. The second-order valence-corrected chi connectivity index (χ2v) is 5.47. The first-order chi connectivity index (χ1) is 9.45. The summed E-state index contributed by atoms with van der Waals surface area (Å²) in [6.45, 7) is 7.90. The molecule has 108 valence electrons. The third-order valence-electron chi connectivity index (χ3n) is 3.55. The normalized spacial score (nSPS) is 11.0. The number of hydrogen-bond donors (Lipinski definition) is 0. The summed E-state index contributed by atoms with van der Waals surface area (Å²) in [7, 11) is 0. The van der Waals surface area contributed by atoms with Crippen LogP contribution in [0.15, 0.2) is 21.0 Å². The molecule has 0 aliphatic heterocycles. The van der Waals surface area contributed by atoms with Crippen LogP contribution >= 0.6 is 0 Å². The van der Waals surface area contributed by atoms with Crippen LogP contribution in [0.1, 0.15) is 47.0 Å². The van der Waals surface area contributed by atoms with E-state index in [1.807, 2.05) is 39.8 Å². The highest BCUT2D eigenvalue weighted by Gasteiger charge is 2.11. The second kappa shape index (κ2) is 6.12. The number of hydrogen-bond acceptors (Lipinski definition) is 3. The first-order valence-electron chi connectivity index (χ1n) is 7.09. The van der Waals surface area contributed by atoms with Crippen molar-refractivity contribution in [1.29, 1.82) is 0 Å². The molecule has 0 N–H and O–H groups in total. The minimum Gasteiger partial charge on any atom is -0.466 e. The molecular formula is C17H22O3. The zero-order valence-corrected chi connectivity index (χ0v) is 12.7. The number of carbonyl (C=O) groups excluding carboxylic acids is 1. The largest absolute Gasteiger partial charge is 0.466 e. The zero-order chi connectivity index (χ0) is 14.7. The number of rotatable bonds is 6. The summed E-state index contributed by atoms with van der Waals surface area (Å²) in [6, 6.07) is 4.02. The molecule has 0 atom stereocenters. The lowest BCUT2D eigenvalue weighted by atomic mass is 10.1. The highest BCUT2D eigenvalue weighted by molar-refractivity contribution is 5.78. The Labute approximate surface area is 120 Å². The van der Waals surface area contributed by atoms with Crippen molar-refractivity contribution in [3.63, 3.8) is 0 Å². The molecule has 0 aliphatic carbocycles. The van der Waals surface area contributed by atoms with Crippen LogP contribution in [0, 0.1) is 27.7 Å². The molecule has 2 rings (SSSR count). The highest BCUT2D eigenvalue weighted by atomic mass is 16.3. The fourth-order valence-electron chi connectivity index (χ4n) is 2.51. The Bertz CT molecular complexity index is 550.